The minimum absolute atomic E-state index is 0.0467. The molecule has 0 spiro atoms. The number of rotatable bonds is 11. The number of nitrogens with one attached hydrogen (secondary N) is 1. The molecule has 0 saturated carbocycles. The van der Waals surface area contributed by atoms with E-state index in [9.17, 15) is 18.0 Å². The minimum atomic E-state index is -3.87. The number of sulfonamides is 1. The van der Waals surface area contributed by atoms with Crippen LogP contribution in [0.15, 0.2) is 42.5 Å². The molecule has 0 aromatic heterocycles. The maximum atomic E-state index is 13.7. The number of benzene rings is 2. The van der Waals surface area contributed by atoms with Crippen LogP contribution in [0.25, 0.3) is 0 Å². The number of hydrogen-bond donors (Lipinski definition) is 1. The number of hydrogen-bond acceptors (Lipinski definition) is 5. The Morgan fingerprint density at radius 1 is 1.14 bits per heavy atom. The van der Waals surface area contributed by atoms with Gasteiger partial charge >= 0.3 is 0 Å². The third-order valence-electron chi connectivity index (χ3n) is 5.40. The maximum absolute atomic E-state index is 13.7. The molecular weight excluding hydrogens is 490 g/mol. The quantitative estimate of drug-likeness (QED) is 0.484. The van der Waals surface area contributed by atoms with Gasteiger partial charge in [-0.05, 0) is 56.5 Å². The smallest absolute Gasteiger partial charge is 0.244 e. The van der Waals surface area contributed by atoms with Crippen molar-refractivity contribution in [2.45, 2.75) is 52.7 Å². The Morgan fingerprint density at radius 3 is 2.34 bits per heavy atom. The number of carbonyl (C=O) groups is 2. The van der Waals surface area contributed by atoms with E-state index >= 15 is 0 Å². The molecule has 0 radical (unpaired) electrons. The van der Waals surface area contributed by atoms with Gasteiger partial charge in [-0.1, -0.05) is 42.8 Å². The van der Waals surface area contributed by atoms with Gasteiger partial charge in [0, 0.05) is 17.6 Å². The van der Waals surface area contributed by atoms with Gasteiger partial charge in [0.05, 0.1) is 19.1 Å². The number of methoxy groups -OCH3 is 1. The summed E-state index contributed by atoms with van der Waals surface area (Å²) in [5.74, 6) is -0.539. The van der Waals surface area contributed by atoms with Crippen LogP contribution in [0.3, 0.4) is 0 Å². The summed E-state index contributed by atoms with van der Waals surface area (Å²) in [6, 6.07) is 11.2. The average Bonchev–Trinajstić information content (AvgIpc) is 2.77. The molecule has 0 heterocycles. The molecule has 0 aliphatic rings. The second-order valence-electron chi connectivity index (χ2n) is 8.65. The highest BCUT2D eigenvalue weighted by atomic mass is 35.5. The van der Waals surface area contributed by atoms with Crippen LogP contribution < -0.4 is 14.4 Å². The zero-order valence-corrected chi connectivity index (χ0v) is 22.6. The number of anilines is 1. The Morgan fingerprint density at radius 2 is 1.80 bits per heavy atom. The van der Waals surface area contributed by atoms with E-state index < -0.39 is 28.5 Å². The van der Waals surface area contributed by atoms with E-state index in [1.54, 1.807) is 49.4 Å². The van der Waals surface area contributed by atoms with Gasteiger partial charge in [0.15, 0.2) is 0 Å². The molecule has 35 heavy (non-hydrogen) atoms. The van der Waals surface area contributed by atoms with Crippen LogP contribution in [-0.2, 0) is 26.2 Å². The van der Waals surface area contributed by atoms with Crippen LogP contribution in [0.4, 0.5) is 5.69 Å². The second-order valence-corrected chi connectivity index (χ2v) is 11.0. The Labute approximate surface area is 213 Å². The number of ether oxygens (including phenoxy) is 1. The highest BCUT2D eigenvalue weighted by Crippen LogP contribution is 2.31. The van der Waals surface area contributed by atoms with E-state index in [0.717, 1.165) is 16.1 Å². The van der Waals surface area contributed by atoms with Crippen molar-refractivity contribution in [3.8, 4) is 5.75 Å². The normalized spacial score (nSPS) is 12.2. The van der Waals surface area contributed by atoms with E-state index in [4.69, 9.17) is 16.3 Å². The summed E-state index contributed by atoms with van der Waals surface area (Å²) in [5, 5.41) is 3.30. The number of carbonyl (C=O) groups excluding carboxylic acids is 2. The lowest BCUT2D eigenvalue weighted by molar-refractivity contribution is -0.140. The van der Waals surface area contributed by atoms with E-state index in [2.05, 4.69) is 5.32 Å². The standard InChI is InChI=1S/C25H34ClN3O5S/c1-7-21(25(31)27-17(2)3)28(15-19-10-8-9-11-20(19)26)24(30)16-29(35(6,32)33)22-14-18(4)12-13-23(22)34-5/h8-14,17,21H,7,15-16H2,1-6H3,(H,27,31)/t21-/m1/s1. The Hall–Kier alpha value is -2.78. The van der Waals surface area contributed by atoms with Crippen molar-refractivity contribution >= 4 is 39.1 Å². The molecule has 0 aliphatic heterocycles. The predicted molar refractivity (Wildman–Crippen MR) is 139 cm³/mol. The van der Waals surface area contributed by atoms with Crippen molar-refractivity contribution in [1.29, 1.82) is 0 Å². The second kappa shape index (κ2) is 12.3. The first-order valence-corrected chi connectivity index (χ1v) is 13.6. The number of aryl methyl sites for hydroxylation is 1. The van der Waals surface area contributed by atoms with Crippen molar-refractivity contribution in [3.05, 3.63) is 58.6 Å². The first kappa shape index (κ1) is 28.5. The molecule has 1 N–H and O–H groups in total. The van der Waals surface area contributed by atoms with Crippen LogP contribution in [0, 0.1) is 6.92 Å². The molecule has 10 heteroatoms. The molecule has 0 unspecified atom stereocenters. The summed E-state index contributed by atoms with van der Waals surface area (Å²) in [4.78, 5) is 28.1. The molecule has 0 saturated heterocycles. The summed E-state index contributed by atoms with van der Waals surface area (Å²) in [6.45, 7) is 6.83. The number of nitrogens with zero attached hydrogens (tertiary/aromatic N) is 2. The number of amides is 2. The minimum Gasteiger partial charge on any atom is -0.495 e. The zero-order chi connectivity index (χ0) is 26.3. The SMILES string of the molecule is CC[C@H](C(=O)NC(C)C)N(Cc1ccccc1Cl)C(=O)CN(c1cc(C)ccc1OC)S(C)(=O)=O. The van der Waals surface area contributed by atoms with Gasteiger partial charge in [-0.15, -0.1) is 0 Å². The third-order valence-corrected chi connectivity index (χ3v) is 6.89. The fourth-order valence-electron chi connectivity index (χ4n) is 3.70. The van der Waals surface area contributed by atoms with Gasteiger partial charge in [-0.3, -0.25) is 13.9 Å². The Kier molecular flexibility index (Phi) is 9.97. The summed E-state index contributed by atoms with van der Waals surface area (Å²) in [5.41, 5.74) is 1.70. The molecular formula is C25H34ClN3O5S. The monoisotopic (exact) mass is 523 g/mol. The molecule has 2 aromatic carbocycles. The molecule has 2 amide bonds. The van der Waals surface area contributed by atoms with Crippen LogP contribution in [0.1, 0.15) is 38.3 Å². The first-order valence-electron chi connectivity index (χ1n) is 11.3. The fraction of sp³-hybridized carbons (Fsp3) is 0.440. The van der Waals surface area contributed by atoms with Gasteiger partial charge in [0.25, 0.3) is 0 Å². The topological polar surface area (TPSA) is 96.0 Å². The fourth-order valence-corrected chi connectivity index (χ4v) is 4.74. The summed E-state index contributed by atoms with van der Waals surface area (Å²) in [7, 11) is -2.44. The van der Waals surface area contributed by atoms with E-state index in [0.29, 0.717) is 22.8 Å². The van der Waals surface area contributed by atoms with Crippen LogP contribution in [0.5, 0.6) is 5.75 Å². The van der Waals surface area contributed by atoms with Crippen LogP contribution >= 0.6 is 11.6 Å². The largest absolute Gasteiger partial charge is 0.495 e. The molecule has 2 aromatic rings. The highest BCUT2D eigenvalue weighted by molar-refractivity contribution is 7.92. The molecule has 8 nitrogen and oxygen atoms in total. The predicted octanol–water partition coefficient (Wildman–Crippen LogP) is 3.76. The van der Waals surface area contributed by atoms with Gasteiger partial charge < -0.3 is 15.0 Å². The van der Waals surface area contributed by atoms with Gasteiger partial charge in [0.2, 0.25) is 21.8 Å². The lowest BCUT2D eigenvalue weighted by Gasteiger charge is -2.33. The highest BCUT2D eigenvalue weighted by Gasteiger charge is 2.33. The molecule has 0 aliphatic carbocycles. The van der Waals surface area contributed by atoms with Gasteiger partial charge in [-0.25, -0.2) is 8.42 Å². The van der Waals surface area contributed by atoms with Crippen LogP contribution in [0.2, 0.25) is 5.02 Å². The average molecular weight is 524 g/mol. The maximum Gasteiger partial charge on any atom is 0.244 e. The van der Waals surface area contributed by atoms with Crippen molar-refractivity contribution in [1.82, 2.24) is 10.2 Å². The zero-order valence-electron chi connectivity index (χ0n) is 21.0. The Balaban J connectivity index is 2.53. The van der Waals surface area contributed by atoms with Gasteiger partial charge in [-0.2, -0.15) is 0 Å². The van der Waals surface area contributed by atoms with E-state index in [-0.39, 0.29) is 24.2 Å². The summed E-state index contributed by atoms with van der Waals surface area (Å²) >= 11 is 6.35. The molecule has 0 fully saturated rings. The molecule has 0 bridgehead atoms. The molecule has 2 rings (SSSR count). The summed E-state index contributed by atoms with van der Waals surface area (Å²) < 4.78 is 32.0. The first-order chi connectivity index (χ1) is 16.4. The third kappa shape index (κ3) is 7.60. The lowest BCUT2D eigenvalue weighted by Crippen LogP contribution is -2.53. The van der Waals surface area contributed by atoms with E-state index in [1.807, 2.05) is 20.8 Å². The van der Waals surface area contributed by atoms with Gasteiger partial charge in [0.1, 0.15) is 18.3 Å². The number of halogens is 1. The van der Waals surface area contributed by atoms with Crippen molar-refractivity contribution in [2.24, 2.45) is 0 Å². The van der Waals surface area contributed by atoms with Crippen LogP contribution in [-0.4, -0.2) is 57.1 Å². The van der Waals surface area contributed by atoms with Crippen molar-refractivity contribution < 1.29 is 22.7 Å². The molecule has 1 atom stereocenters. The summed E-state index contributed by atoms with van der Waals surface area (Å²) in [6.07, 6.45) is 1.37. The Bertz CT molecular complexity index is 1150. The van der Waals surface area contributed by atoms with Crippen molar-refractivity contribution in [2.75, 3.05) is 24.2 Å². The molecule has 192 valence electrons. The van der Waals surface area contributed by atoms with Crippen molar-refractivity contribution in [3.63, 3.8) is 0 Å². The van der Waals surface area contributed by atoms with E-state index in [1.165, 1.54) is 12.0 Å². The lowest BCUT2D eigenvalue weighted by atomic mass is 10.1.